The Morgan fingerprint density at radius 3 is 2.56 bits per heavy atom. The van der Waals surface area contributed by atoms with Gasteiger partial charge in [0.1, 0.15) is 0 Å². The summed E-state index contributed by atoms with van der Waals surface area (Å²) >= 11 is 3.71. The van der Waals surface area contributed by atoms with Gasteiger partial charge in [-0.25, -0.2) is 0 Å². The van der Waals surface area contributed by atoms with Gasteiger partial charge in [-0.3, -0.25) is 4.68 Å². The maximum absolute atomic E-state index is 4.64. The Morgan fingerprint density at radius 1 is 1.44 bits per heavy atom. The molecule has 1 N–H and O–H groups in total. The van der Waals surface area contributed by atoms with Crippen LogP contribution < -0.4 is 5.32 Å². The second-order valence-electron chi connectivity index (χ2n) is 4.97. The molecule has 0 unspecified atom stereocenters. The van der Waals surface area contributed by atoms with Crippen LogP contribution in [-0.4, -0.2) is 22.9 Å². The van der Waals surface area contributed by atoms with Gasteiger partial charge in [-0.1, -0.05) is 13.8 Å². The second-order valence-corrected chi connectivity index (χ2v) is 5.76. The Morgan fingerprint density at radius 2 is 2.12 bits per heavy atom. The summed E-state index contributed by atoms with van der Waals surface area (Å²) in [6.07, 6.45) is 2.11. The van der Waals surface area contributed by atoms with Crippen molar-refractivity contribution in [3.8, 4) is 0 Å². The summed E-state index contributed by atoms with van der Waals surface area (Å²) in [6.45, 7) is 9.85. The van der Waals surface area contributed by atoms with Gasteiger partial charge in [-0.2, -0.15) is 5.10 Å². The predicted molar refractivity (Wildman–Crippen MR) is 69.7 cm³/mol. The van der Waals surface area contributed by atoms with E-state index < -0.39 is 0 Å². The summed E-state index contributed by atoms with van der Waals surface area (Å²) in [4.78, 5) is 0. The van der Waals surface area contributed by atoms with Gasteiger partial charge in [0.05, 0.1) is 15.9 Å². The van der Waals surface area contributed by atoms with Crippen molar-refractivity contribution in [1.29, 1.82) is 0 Å². The summed E-state index contributed by atoms with van der Waals surface area (Å²) < 4.78 is 3.37. The molecule has 0 atom stereocenters. The van der Waals surface area contributed by atoms with E-state index in [1.807, 2.05) is 0 Å². The normalized spacial score (nSPS) is 18.5. The number of halogens is 1. The van der Waals surface area contributed by atoms with Crippen LogP contribution in [0.4, 0.5) is 0 Å². The lowest BCUT2D eigenvalue weighted by molar-refractivity contribution is 0.190. The van der Waals surface area contributed by atoms with Gasteiger partial charge >= 0.3 is 0 Å². The molecule has 1 fully saturated rings. The van der Waals surface area contributed by atoms with Crippen molar-refractivity contribution in [2.24, 2.45) is 5.41 Å². The minimum atomic E-state index is 0.417. The van der Waals surface area contributed by atoms with Crippen molar-refractivity contribution in [3.05, 3.63) is 15.9 Å². The minimum absolute atomic E-state index is 0.417. The highest BCUT2D eigenvalue weighted by atomic mass is 79.9. The minimum Gasteiger partial charge on any atom is -0.316 e. The fourth-order valence-electron chi connectivity index (χ4n) is 2.27. The van der Waals surface area contributed by atoms with Crippen molar-refractivity contribution < 1.29 is 0 Å². The van der Waals surface area contributed by atoms with Crippen molar-refractivity contribution in [1.82, 2.24) is 15.1 Å². The zero-order chi connectivity index (χ0) is 11.8. The van der Waals surface area contributed by atoms with Crippen LogP contribution in [0.2, 0.25) is 0 Å². The number of aromatic nitrogens is 2. The molecule has 1 aromatic heterocycles. The summed E-state index contributed by atoms with van der Waals surface area (Å²) in [7, 11) is 0. The molecule has 0 amide bonds. The molecular formula is C12H20BrN3. The van der Waals surface area contributed by atoms with Crippen LogP contribution in [0.15, 0.2) is 4.47 Å². The van der Waals surface area contributed by atoms with E-state index in [9.17, 15) is 0 Å². The molecule has 1 aromatic rings. The summed E-state index contributed by atoms with van der Waals surface area (Å²) in [5, 5.41) is 7.99. The van der Waals surface area contributed by atoms with Crippen molar-refractivity contribution in [2.45, 2.75) is 40.2 Å². The summed E-state index contributed by atoms with van der Waals surface area (Å²) in [6, 6.07) is 0. The average Bonchev–Trinajstić information content (AvgIpc) is 2.53. The summed E-state index contributed by atoms with van der Waals surface area (Å²) in [5.74, 6) is 0. The first kappa shape index (κ1) is 12.1. The smallest absolute Gasteiger partial charge is 0.0766 e. The monoisotopic (exact) mass is 285 g/mol. The highest BCUT2D eigenvalue weighted by Crippen LogP contribution is 2.32. The van der Waals surface area contributed by atoms with Crippen LogP contribution in [0.25, 0.3) is 0 Å². The first-order valence-corrected chi connectivity index (χ1v) is 6.83. The van der Waals surface area contributed by atoms with Crippen LogP contribution in [-0.2, 0) is 19.4 Å². The molecule has 1 saturated heterocycles. The lowest BCUT2D eigenvalue weighted by Gasteiger charge is -2.39. The molecule has 1 aliphatic rings. The van der Waals surface area contributed by atoms with E-state index in [0.717, 1.165) is 32.5 Å². The van der Waals surface area contributed by atoms with Gasteiger partial charge in [0.25, 0.3) is 0 Å². The Kier molecular flexibility index (Phi) is 3.40. The van der Waals surface area contributed by atoms with Crippen LogP contribution in [0.1, 0.15) is 32.2 Å². The van der Waals surface area contributed by atoms with Crippen LogP contribution in [0, 0.1) is 5.41 Å². The average molecular weight is 286 g/mol. The molecule has 0 aliphatic carbocycles. The zero-order valence-corrected chi connectivity index (χ0v) is 11.9. The molecular weight excluding hydrogens is 266 g/mol. The predicted octanol–water partition coefficient (Wildman–Crippen LogP) is 2.38. The van der Waals surface area contributed by atoms with Crippen molar-refractivity contribution >= 4 is 15.9 Å². The van der Waals surface area contributed by atoms with Crippen LogP contribution in [0.3, 0.4) is 0 Å². The third-order valence-corrected chi connectivity index (χ3v) is 4.31. The largest absolute Gasteiger partial charge is 0.316 e. The van der Waals surface area contributed by atoms with E-state index in [1.54, 1.807) is 0 Å². The molecule has 90 valence electrons. The van der Waals surface area contributed by atoms with E-state index in [0.29, 0.717) is 5.41 Å². The lowest BCUT2D eigenvalue weighted by atomic mass is 9.80. The highest BCUT2D eigenvalue weighted by Gasteiger charge is 2.33. The molecule has 4 heteroatoms. The Labute approximate surface area is 106 Å². The molecule has 0 aromatic carbocycles. The topological polar surface area (TPSA) is 29.9 Å². The standard InChI is InChI=1S/C12H20BrN3/c1-4-9-11(13)10(16(5-2)15-9)6-12(3)7-14-8-12/h14H,4-8H2,1-3H3. The first-order valence-electron chi connectivity index (χ1n) is 6.04. The van der Waals surface area contributed by atoms with E-state index in [-0.39, 0.29) is 0 Å². The first-order chi connectivity index (χ1) is 7.59. The molecule has 2 rings (SSSR count). The third kappa shape index (κ3) is 2.05. The van der Waals surface area contributed by atoms with Crippen molar-refractivity contribution in [3.63, 3.8) is 0 Å². The number of rotatable bonds is 4. The van der Waals surface area contributed by atoms with Crippen molar-refractivity contribution in [2.75, 3.05) is 13.1 Å². The molecule has 0 spiro atoms. The van der Waals surface area contributed by atoms with E-state index in [2.05, 4.69) is 51.8 Å². The maximum Gasteiger partial charge on any atom is 0.0766 e. The lowest BCUT2D eigenvalue weighted by Crippen LogP contribution is -2.52. The van der Waals surface area contributed by atoms with Gasteiger partial charge in [0.15, 0.2) is 0 Å². The quantitative estimate of drug-likeness (QED) is 0.921. The maximum atomic E-state index is 4.64. The fourth-order valence-corrected chi connectivity index (χ4v) is 2.97. The zero-order valence-electron chi connectivity index (χ0n) is 10.3. The fraction of sp³-hybridized carbons (Fsp3) is 0.750. The van der Waals surface area contributed by atoms with E-state index in [1.165, 1.54) is 15.9 Å². The van der Waals surface area contributed by atoms with Gasteiger partial charge in [0, 0.05) is 19.6 Å². The van der Waals surface area contributed by atoms with E-state index >= 15 is 0 Å². The Hall–Kier alpha value is -0.350. The van der Waals surface area contributed by atoms with Crippen LogP contribution >= 0.6 is 15.9 Å². The van der Waals surface area contributed by atoms with Gasteiger partial charge in [0.2, 0.25) is 0 Å². The molecule has 2 heterocycles. The SMILES string of the molecule is CCc1nn(CC)c(CC2(C)CNC2)c1Br. The highest BCUT2D eigenvalue weighted by molar-refractivity contribution is 9.10. The molecule has 3 nitrogen and oxygen atoms in total. The molecule has 0 saturated carbocycles. The number of hydrogen-bond donors (Lipinski definition) is 1. The Bertz CT molecular complexity index is 380. The van der Waals surface area contributed by atoms with Gasteiger partial charge < -0.3 is 5.32 Å². The number of aryl methyl sites for hydroxylation is 2. The number of hydrogen-bond acceptors (Lipinski definition) is 2. The molecule has 1 aliphatic heterocycles. The van der Waals surface area contributed by atoms with Crippen LogP contribution in [0.5, 0.6) is 0 Å². The molecule has 0 radical (unpaired) electrons. The second kappa shape index (κ2) is 4.49. The number of nitrogens with zero attached hydrogens (tertiary/aromatic N) is 2. The number of nitrogens with one attached hydrogen (secondary N) is 1. The summed E-state index contributed by atoms with van der Waals surface area (Å²) in [5.41, 5.74) is 2.97. The third-order valence-electron chi connectivity index (χ3n) is 3.39. The molecule has 16 heavy (non-hydrogen) atoms. The Balaban J connectivity index is 2.27. The van der Waals surface area contributed by atoms with E-state index in [4.69, 9.17) is 0 Å². The van der Waals surface area contributed by atoms with Gasteiger partial charge in [-0.05, 0) is 41.1 Å². The van der Waals surface area contributed by atoms with Gasteiger partial charge in [-0.15, -0.1) is 0 Å². The molecule has 0 bridgehead atoms.